The maximum atomic E-state index is 11.9. The van der Waals surface area contributed by atoms with E-state index in [0.717, 1.165) is 4.73 Å². The Kier molecular flexibility index (Phi) is 3.10. The summed E-state index contributed by atoms with van der Waals surface area (Å²) < 4.78 is 5.90. The van der Waals surface area contributed by atoms with Gasteiger partial charge in [0.2, 0.25) is 0 Å². The van der Waals surface area contributed by atoms with Crippen molar-refractivity contribution in [3.63, 3.8) is 0 Å². The summed E-state index contributed by atoms with van der Waals surface area (Å²) >= 11 is 0. The molecule has 7 heteroatoms. The first-order valence-electron chi connectivity index (χ1n) is 5.31. The lowest BCUT2D eigenvalue weighted by atomic mass is 10.3. The molecule has 1 aromatic heterocycles. The van der Waals surface area contributed by atoms with Crippen LogP contribution in [0.2, 0.25) is 0 Å². The monoisotopic (exact) mass is 239 g/mol. The third-order valence-corrected chi connectivity index (χ3v) is 2.71. The average molecular weight is 239 g/mol. The molecule has 0 amide bonds. The molecule has 0 bridgehead atoms. The SMILES string of the molecule is Cc1cc([N+](=O)[O-])cc(N2CCOCC2)[n+]1[O-]. The van der Waals surface area contributed by atoms with Crippen molar-refractivity contribution in [3.8, 4) is 0 Å². The summed E-state index contributed by atoms with van der Waals surface area (Å²) in [5, 5.41) is 22.6. The molecule has 1 aromatic rings. The Morgan fingerprint density at radius 3 is 2.65 bits per heavy atom. The zero-order valence-corrected chi connectivity index (χ0v) is 9.46. The second-order valence-corrected chi connectivity index (χ2v) is 3.86. The normalized spacial score (nSPS) is 15.9. The molecule has 2 heterocycles. The number of rotatable bonds is 2. The zero-order valence-electron chi connectivity index (χ0n) is 9.46. The molecule has 0 aromatic carbocycles. The molecule has 2 rings (SSSR count). The molecule has 92 valence electrons. The maximum absolute atomic E-state index is 11.9. The van der Waals surface area contributed by atoms with E-state index in [1.807, 2.05) is 0 Å². The van der Waals surface area contributed by atoms with Gasteiger partial charge in [-0.1, -0.05) is 0 Å². The number of morpholine rings is 1. The predicted octanol–water partition coefficient (Wildman–Crippen LogP) is 0.373. The molecule has 0 atom stereocenters. The quantitative estimate of drug-likeness (QED) is 0.322. The van der Waals surface area contributed by atoms with E-state index >= 15 is 0 Å². The van der Waals surface area contributed by atoms with Crippen molar-refractivity contribution >= 4 is 11.5 Å². The minimum absolute atomic E-state index is 0.0592. The number of aromatic nitrogens is 1. The van der Waals surface area contributed by atoms with Gasteiger partial charge in [-0.3, -0.25) is 15.0 Å². The highest BCUT2D eigenvalue weighted by Gasteiger charge is 2.24. The van der Waals surface area contributed by atoms with Crippen LogP contribution in [0.1, 0.15) is 5.69 Å². The number of ether oxygens (including phenoxy) is 1. The van der Waals surface area contributed by atoms with Gasteiger partial charge in [0.25, 0.3) is 11.5 Å². The van der Waals surface area contributed by atoms with Crippen molar-refractivity contribution in [2.75, 3.05) is 31.2 Å². The van der Waals surface area contributed by atoms with Crippen LogP contribution in [-0.2, 0) is 4.74 Å². The van der Waals surface area contributed by atoms with E-state index in [2.05, 4.69) is 0 Å². The maximum Gasteiger partial charge on any atom is 0.286 e. The predicted molar refractivity (Wildman–Crippen MR) is 59.8 cm³/mol. The lowest BCUT2D eigenvalue weighted by molar-refractivity contribution is -0.600. The van der Waals surface area contributed by atoms with Gasteiger partial charge in [-0.2, -0.15) is 0 Å². The molecular weight excluding hydrogens is 226 g/mol. The molecule has 7 nitrogen and oxygen atoms in total. The van der Waals surface area contributed by atoms with E-state index < -0.39 is 4.92 Å². The summed E-state index contributed by atoms with van der Waals surface area (Å²) in [5.74, 6) is 0.319. The zero-order chi connectivity index (χ0) is 12.4. The van der Waals surface area contributed by atoms with E-state index in [4.69, 9.17) is 4.74 Å². The summed E-state index contributed by atoms with van der Waals surface area (Å²) in [4.78, 5) is 12.1. The minimum atomic E-state index is -0.489. The molecule has 1 fully saturated rings. The van der Waals surface area contributed by atoms with Crippen LogP contribution < -0.4 is 9.63 Å². The van der Waals surface area contributed by atoms with E-state index in [1.54, 1.807) is 11.8 Å². The van der Waals surface area contributed by atoms with Crippen molar-refractivity contribution in [3.05, 3.63) is 33.1 Å². The van der Waals surface area contributed by atoms with E-state index in [-0.39, 0.29) is 5.69 Å². The highest BCUT2D eigenvalue weighted by molar-refractivity contribution is 5.44. The average Bonchev–Trinajstić information content (AvgIpc) is 2.33. The number of anilines is 1. The minimum Gasteiger partial charge on any atom is -0.710 e. The lowest BCUT2D eigenvalue weighted by Gasteiger charge is -2.24. The summed E-state index contributed by atoms with van der Waals surface area (Å²) in [5.41, 5.74) is 0.261. The van der Waals surface area contributed by atoms with Gasteiger partial charge >= 0.3 is 0 Å². The number of hydrogen-bond donors (Lipinski definition) is 0. The molecule has 1 saturated heterocycles. The van der Waals surface area contributed by atoms with Crippen LogP contribution in [0.5, 0.6) is 0 Å². The largest absolute Gasteiger partial charge is 0.710 e. The Labute approximate surface area is 98.0 Å². The van der Waals surface area contributed by atoms with Gasteiger partial charge in [-0.15, -0.1) is 0 Å². The van der Waals surface area contributed by atoms with E-state index in [0.29, 0.717) is 37.8 Å². The topological polar surface area (TPSA) is 82.5 Å². The van der Waals surface area contributed by atoms with Crippen LogP contribution in [-0.4, -0.2) is 31.2 Å². The fourth-order valence-electron chi connectivity index (χ4n) is 1.80. The van der Waals surface area contributed by atoms with Crippen molar-refractivity contribution < 1.29 is 14.4 Å². The number of nitro groups is 1. The number of nitrogens with zero attached hydrogens (tertiary/aromatic N) is 3. The summed E-state index contributed by atoms with van der Waals surface area (Å²) in [6, 6.07) is 2.59. The van der Waals surface area contributed by atoms with Crippen LogP contribution >= 0.6 is 0 Å². The van der Waals surface area contributed by atoms with Crippen LogP contribution in [0.25, 0.3) is 0 Å². The first kappa shape index (κ1) is 11.6. The van der Waals surface area contributed by atoms with Crippen molar-refractivity contribution in [2.45, 2.75) is 6.92 Å². The summed E-state index contributed by atoms with van der Waals surface area (Å²) in [7, 11) is 0. The van der Waals surface area contributed by atoms with Crippen LogP contribution in [0.4, 0.5) is 11.5 Å². The molecular formula is C10H13N3O4. The summed E-state index contributed by atoms with van der Waals surface area (Å²) in [6.07, 6.45) is 0. The second kappa shape index (κ2) is 4.54. The molecule has 0 radical (unpaired) electrons. The Morgan fingerprint density at radius 1 is 1.41 bits per heavy atom. The van der Waals surface area contributed by atoms with Crippen molar-refractivity contribution in [2.24, 2.45) is 0 Å². The number of hydrogen-bond acceptors (Lipinski definition) is 5. The first-order valence-corrected chi connectivity index (χ1v) is 5.31. The fraction of sp³-hybridized carbons (Fsp3) is 0.500. The van der Waals surface area contributed by atoms with Crippen molar-refractivity contribution in [1.29, 1.82) is 0 Å². The molecule has 17 heavy (non-hydrogen) atoms. The molecule has 0 aliphatic carbocycles. The Balaban J connectivity index is 2.40. The van der Waals surface area contributed by atoms with Crippen LogP contribution in [0.3, 0.4) is 0 Å². The van der Waals surface area contributed by atoms with E-state index in [1.165, 1.54) is 12.1 Å². The number of pyridine rings is 1. The Morgan fingerprint density at radius 2 is 2.06 bits per heavy atom. The third-order valence-electron chi connectivity index (χ3n) is 2.71. The van der Waals surface area contributed by atoms with Gasteiger partial charge in [0, 0.05) is 0 Å². The van der Waals surface area contributed by atoms with E-state index in [9.17, 15) is 15.3 Å². The smallest absolute Gasteiger partial charge is 0.286 e. The molecule has 0 unspecified atom stereocenters. The molecule has 0 N–H and O–H groups in total. The second-order valence-electron chi connectivity index (χ2n) is 3.86. The first-order chi connectivity index (χ1) is 8.09. The highest BCUT2D eigenvalue weighted by Crippen LogP contribution is 2.19. The van der Waals surface area contributed by atoms with Crippen LogP contribution in [0.15, 0.2) is 12.1 Å². The fourth-order valence-corrected chi connectivity index (χ4v) is 1.80. The van der Waals surface area contributed by atoms with Crippen molar-refractivity contribution in [1.82, 2.24) is 0 Å². The van der Waals surface area contributed by atoms with Gasteiger partial charge in [0.1, 0.15) is 24.8 Å². The molecule has 0 saturated carbocycles. The standard InChI is InChI=1S/C10H13N3O4/c1-8-6-9(13(15)16)7-10(12(8)14)11-2-4-17-5-3-11/h6-7H,2-5H2,1H3. The Hall–Kier alpha value is -1.89. The lowest BCUT2D eigenvalue weighted by Crippen LogP contribution is -2.45. The van der Waals surface area contributed by atoms with Gasteiger partial charge in [0.15, 0.2) is 0 Å². The number of aryl methyl sites for hydroxylation is 1. The molecule has 1 aliphatic rings. The highest BCUT2D eigenvalue weighted by atomic mass is 16.6. The Bertz CT molecular complexity index is 443. The molecule has 0 spiro atoms. The van der Waals surface area contributed by atoms with Gasteiger partial charge < -0.3 is 9.94 Å². The summed E-state index contributed by atoms with van der Waals surface area (Å²) in [6.45, 7) is 3.76. The van der Waals surface area contributed by atoms with Gasteiger partial charge in [-0.05, 0) is 6.92 Å². The third kappa shape index (κ3) is 2.28. The molecule has 1 aliphatic heterocycles. The van der Waals surface area contributed by atoms with Gasteiger partial charge in [0.05, 0.1) is 24.2 Å². The van der Waals surface area contributed by atoms with Gasteiger partial charge in [-0.25, -0.2) is 4.73 Å². The van der Waals surface area contributed by atoms with Crippen LogP contribution in [0, 0.1) is 22.2 Å².